The van der Waals surface area contributed by atoms with E-state index in [1.54, 1.807) is 0 Å². The molecule has 0 bridgehead atoms. The molecule has 0 aromatic rings. The molecule has 1 saturated heterocycles. The van der Waals surface area contributed by atoms with Crippen molar-refractivity contribution in [1.29, 1.82) is 0 Å². The quantitative estimate of drug-likeness (QED) is 0.818. The van der Waals surface area contributed by atoms with E-state index < -0.39 is 9.84 Å². The second-order valence-corrected chi connectivity index (χ2v) is 8.56. The van der Waals surface area contributed by atoms with Gasteiger partial charge in [-0.1, -0.05) is 27.7 Å². The number of sulfone groups is 1. The SMILES string of the molecule is CCNC(CCN1CCS(=O)(=O)CC1)C(C)(C)C. The highest BCUT2D eigenvalue weighted by Gasteiger charge is 2.26. The van der Waals surface area contributed by atoms with E-state index in [-0.39, 0.29) is 5.41 Å². The molecule has 0 aliphatic carbocycles. The van der Waals surface area contributed by atoms with E-state index in [2.05, 4.69) is 37.9 Å². The number of nitrogens with one attached hydrogen (secondary N) is 1. The van der Waals surface area contributed by atoms with Crippen LogP contribution in [0.25, 0.3) is 0 Å². The molecule has 0 aromatic carbocycles. The summed E-state index contributed by atoms with van der Waals surface area (Å²) in [5, 5.41) is 3.53. The predicted molar refractivity (Wildman–Crippen MR) is 76.6 cm³/mol. The van der Waals surface area contributed by atoms with Crippen LogP contribution in [-0.4, -0.2) is 57.0 Å². The Morgan fingerprint density at radius 1 is 1.22 bits per heavy atom. The van der Waals surface area contributed by atoms with Crippen LogP contribution in [-0.2, 0) is 9.84 Å². The smallest absolute Gasteiger partial charge is 0.152 e. The van der Waals surface area contributed by atoms with Crippen LogP contribution in [0.5, 0.6) is 0 Å². The van der Waals surface area contributed by atoms with Gasteiger partial charge in [0.25, 0.3) is 0 Å². The summed E-state index contributed by atoms with van der Waals surface area (Å²) in [6.45, 7) is 12.3. The Bertz CT molecular complexity index is 332. The van der Waals surface area contributed by atoms with Crippen molar-refractivity contribution in [2.75, 3.05) is 37.7 Å². The van der Waals surface area contributed by atoms with Gasteiger partial charge in [-0.2, -0.15) is 0 Å². The first-order valence-electron chi connectivity index (χ1n) is 6.91. The summed E-state index contributed by atoms with van der Waals surface area (Å²) in [6.07, 6.45) is 1.08. The largest absolute Gasteiger partial charge is 0.314 e. The molecular weight excluding hydrogens is 248 g/mol. The molecule has 1 aliphatic heterocycles. The summed E-state index contributed by atoms with van der Waals surface area (Å²) < 4.78 is 22.7. The molecule has 1 unspecified atom stereocenters. The van der Waals surface area contributed by atoms with E-state index >= 15 is 0 Å². The van der Waals surface area contributed by atoms with E-state index in [1.165, 1.54) is 0 Å². The fraction of sp³-hybridized carbons (Fsp3) is 1.00. The molecule has 4 nitrogen and oxygen atoms in total. The third kappa shape index (κ3) is 5.24. The standard InChI is InChI=1S/C13H28N2O2S/c1-5-14-12(13(2,3)4)6-7-15-8-10-18(16,17)11-9-15/h12,14H,5-11H2,1-4H3. The summed E-state index contributed by atoms with van der Waals surface area (Å²) >= 11 is 0. The fourth-order valence-corrected chi connectivity index (χ4v) is 3.65. The highest BCUT2D eigenvalue weighted by molar-refractivity contribution is 7.91. The maximum Gasteiger partial charge on any atom is 0.152 e. The van der Waals surface area contributed by atoms with Gasteiger partial charge in [0.2, 0.25) is 0 Å². The maximum absolute atomic E-state index is 11.4. The summed E-state index contributed by atoms with van der Waals surface area (Å²) in [7, 11) is -2.75. The van der Waals surface area contributed by atoms with Gasteiger partial charge < -0.3 is 10.2 Å². The molecule has 1 N–H and O–H groups in total. The Morgan fingerprint density at radius 2 is 1.78 bits per heavy atom. The third-order valence-electron chi connectivity index (χ3n) is 3.67. The zero-order valence-corrected chi connectivity index (χ0v) is 13.0. The first-order valence-corrected chi connectivity index (χ1v) is 8.73. The zero-order chi connectivity index (χ0) is 13.8. The monoisotopic (exact) mass is 276 g/mol. The molecule has 0 spiro atoms. The molecule has 0 radical (unpaired) electrons. The van der Waals surface area contributed by atoms with Gasteiger partial charge >= 0.3 is 0 Å². The molecule has 1 atom stereocenters. The Kier molecular flexibility index (Phi) is 5.62. The van der Waals surface area contributed by atoms with Crippen molar-refractivity contribution in [3.8, 4) is 0 Å². The van der Waals surface area contributed by atoms with Crippen molar-refractivity contribution in [2.45, 2.75) is 40.2 Å². The van der Waals surface area contributed by atoms with Crippen LogP contribution >= 0.6 is 0 Å². The summed E-state index contributed by atoms with van der Waals surface area (Å²) in [4.78, 5) is 2.27. The van der Waals surface area contributed by atoms with E-state index in [4.69, 9.17) is 0 Å². The summed E-state index contributed by atoms with van der Waals surface area (Å²) in [5.41, 5.74) is 0.248. The molecule has 0 aromatic heterocycles. The van der Waals surface area contributed by atoms with Crippen LogP contribution in [0, 0.1) is 5.41 Å². The topological polar surface area (TPSA) is 49.4 Å². The van der Waals surface area contributed by atoms with Crippen LogP contribution in [0.4, 0.5) is 0 Å². The highest BCUT2D eigenvalue weighted by atomic mass is 32.2. The molecule has 5 heteroatoms. The van der Waals surface area contributed by atoms with Crippen molar-refractivity contribution in [2.24, 2.45) is 5.41 Å². The lowest BCUT2D eigenvalue weighted by atomic mass is 9.84. The number of rotatable bonds is 5. The molecule has 1 heterocycles. The molecule has 18 heavy (non-hydrogen) atoms. The van der Waals surface area contributed by atoms with Gasteiger partial charge in [0.15, 0.2) is 9.84 Å². The molecule has 1 fully saturated rings. The van der Waals surface area contributed by atoms with Crippen LogP contribution in [0.15, 0.2) is 0 Å². The first-order chi connectivity index (χ1) is 8.24. The Labute approximate surface area is 112 Å². The van der Waals surface area contributed by atoms with Crippen LogP contribution in [0.3, 0.4) is 0 Å². The second-order valence-electron chi connectivity index (χ2n) is 6.26. The average molecular weight is 276 g/mol. The molecule has 1 rings (SSSR count). The number of hydrogen-bond acceptors (Lipinski definition) is 4. The second kappa shape index (κ2) is 6.35. The Balaban J connectivity index is 2.39. The molecule has 0 saturated carbocycles. The van der Waals surface area contributed by atoms with Crippen molar-refractivity contribution in [3.05, 3.63) is 0 Å². The van der Waals surface area contributed by atoms with Gasteiger partial charge in [-0.25, -0.2) is 8.42 Å². The minimum absolute atomic E-state index is 0.248. The van der Waals surface area contributed by atoms with Crippen molar-refractivity contribution >= 4 is 9.84 Å². The van der Waals surface area contributed by atoms with E-state index in [0.717, 1.165) is 19.5 Å². The summed E-state index contributed by atoms with van der Waals surface area (Å²) in [6, 6.07) is 0.487. The molecule has 108 valence electrons. The lowest BCUT2D eigenvalue weighted by Gasteiger charge is -2.34. The average Bonchev–Trinajstić information content (AvgIpc) is 2.24. The molecule has 1 aliphatic rings. The van der Waals surface area contributed by atoms with Crippen LogP contribution < -0.4 is 5.32 Å². The lowest BCUT2D eigenvalue weighted by molar-refractivity contribution is 0.213. The Morgan fingerprint density at radius 3 is 2.22 bits per heavy atom. The fourth-order valence-electron chi connectivity index (χ4n) is 2.37. The molecule has 0 amide bonds. The highest BCUT2D eigenvalue weighted by Crippen LogP contribution is 2.22. The van der Waals surface area contributed by atoms with Gasteiger partial charge in [-0.15, -0.1) is 0 Å². The van der Waals surface area contributed by atoms with Gasteiger partial charge in [-0.05, 0) is 24.9 Å². The van der Waals surface area contributed by atoms with Crippen molar-refractivity contribution in [1.82, 2.24) is 10.2 Å². The number of nitrogens with zero attached hydrogens (tertiary/aromatic N) is 1. The van der Waals surface area contributed by atoms with Gasteiger partial charge in [0, 0.05) is 19.1 Å². The van der Waals surface area contributed by atoms with Crippen LogP contribution in [0.2, 0.25) is 0 Å². The lowest BCUT2D eigenvalue weighted by Crippen LogP contribution is -2.45. The van der Waals surface area contributed by atoms with Crippen molar-refractivity contribution in [3.63, 3.8) is 0 Å². The maximum atomic E-state index is 11.4. The minimum atomic E-state index is -2.75. The van der Waals surface area contributed by atoms with Gasteiger partial charge in [0.05, 0.1) is 11.5 Å². The van der Waals surface area contributed by atoms with E-state index in [9.17, 15) is 8.42 Å². The Hall–Kier alpha value is -0.130. The van der Waals surface area contributed by atoms with Gasteiger partial charge in [0.1, 0.15) is 0 Å². The van der Waals surface area contributed by atoms with E-state index in [1.807, 2.05) is 0 Å². The number of hydrogen-bond donors (Lipinski definition) is 1. The predicted octanol–water partition coefficient (Wildman–Crippen LogP) is 1.13. The third-order valence-corrected chi connectivity index (χ3v) is 5.28. The van der Waals surface area contributed by atoms with Gasteiger partial charge in [-0.3, -0.25) is 0 Å². The van der Waals surface area contributed by atoms with Crippen LogP contribution in [0.1, 0.15) is 34.1 Å². The molecular formula is C13H28N2O2S. The normalized spacial score (nSPS) is 22.9. The minimum Gasteiger partial charge on any atom is -0.314 e. The van der Waals surface area contributed by atoms with E-state index in [0.29, 0.717) is 30.6 Å². The summed E-state index contributed by atoms with van der Waals surface area (Å²) in [5.74, 6) is 0.656. The first kappa shape index (κ1) is 15.9. The van der Waals surface area contributed by atoms with Crippen molar-refractivity contribution < 1.29 is 8.42 Å². The zero-order valence-electron chi connectivity index (χ0n) is 12.2.